The number of hydrogen-bond donors (Lipinski definition) is 1. The van der Waals surface area contributed by atoms with E-state index in [4.69, 9.17) is 4.74 Å². The Kier molecular flexibility index (Phi) is 11.4. The molecule has 1 saturated heterocycles. The van der Waals surface area contributed by atoms with Gasteiger partial charge in [0.2, 0.25) is 0 Å². The number of hydrogen-bond acceptors (Lipinski definition) is 5. The van der Waals surface area contributed by atoms with E-state index >= 15 is 0 Å². The molecule has 0 aromatic heterocycles. The molecule has 1 aromatic rings. The van der Waals surface area contributed by atoms with Crippen molar-refractivity contribution in [1.29, 1.82) is 0 Å². The molecular weight excluding hydrogens is 515 g/mol. The van der Waals surface area contributed by atoms with E-state index in [9.17, 15) is 8.42 Å². The van der Waals surface area contributed by atoms with Crippen LogP contribution in [0.2, 0.25) is 0 Å². The van der Waals surface area contributed by atoms with Crippen LogP contribution in [0.4, 0.5) is 0 Å². The van der Waals surface area contributed by atoms with Gasteiger partial charge in [0.15, 0.2) is 15.8 Å². The molecule has 2 rings (SSSR count). The molecule has 0 atom stereocenters. The quantitative estimate of drug-likeness (QED) is 0.304. The number of sulfone groups is 1. The number of ether oxygens (including phenoxy) is 1. The van der Waals surface area contributed by atoms with Gasteiger partial charge in [-0.1, -0.05) is 18.2 Å². The van der Waals surface area contributed by atoms with E-state index < -0.39 is 14.6 Å². The number of nitrogens with zero attached hydrogens (tertiary/aromatic N) is 3. The summed E-state index contributed by atoms with van der Waals surface area (Å²) in [5.74, 6) is 1.78. The van der Waals surface area contributed by atoms with Crippen molar-refractivity contribution in [3.8, 4) is 5.75 Å². The number of para-hydroxylation sites is 1. The van der Waals surface area contributed by atoms with Gasteiger partial charge in [-0.25, -0.2) is 8.42 Å². The Labute approximate surface area is 199 Å². The minimum absolute atomic E-state index is 0. The molecule has 0 unspecified atom stereocenters. The number of nitrogens with one attached hydrogen (secondary N) is 1. The molecule has 1 aliphatic heterocycles. The molecule has 1 N–H and O–H groups in total. The van der Waals surface area contributed by atoms with Gasteiger partial charge in [-0.15, -0.1) is 24.0 Å². The number of guanidine groups is 1. The van der Waals surface area contributed by atoms with Crippen LogP contribution in [0.15, 0.2) is 35.3 Å². The van der Waals surface area contributed by atoms with Gasteiger partial charge in [0.05, 0.1) is 17.0 Å². The maximum Gasteiger partial charge on any atom is 0.194 e. The third kappa shape index (κ3) is 8.58. The Morgan fingerprint density at radius 3 is 2.33 bits per heavy atom. The summed E-state index contributed by atoms with van der Waals surface area (Å²) >= 11 is 0. The zero-order valence-corrected chi connectivity index (χ0v) is 21.8. The Hall–Kier alpha value is -1.07. The molecule has 1 heterocycles. The average Bonchev–Trinajstić information content (AvgIpc) is 2.68. The fraction of sp³-hybridized carbons (Fsp3) is 0.667. The van der Waals surface area contributed by atoms with E-state index in [0.717, 1.165) is 51.0 Å². The van der Waals surface area contributed by atoms with Crippen LogP contribution in [0.25, 0.3) is 0 Å². The second-order valence-electron chi connectivity index (χ2n) is 8.16. The van der Waals surface area contributed by atoms with Crippen molar-refractivity contribution >= 4 is 39.8 Å². The Morgan fingerprint density at radius 2 is 1.77 bits per heavy atom. The predicted octanol–water partition coefficient (Wildman–Crippen LogP) is 2.48. The number of halogens is 1. The summed E-state index contributed by atoms with van der Waals surface area (Å²) in [5.41, 5.74) is 0. The normalized spacial score (nSPS) is 16.1. The molecule has 0 saturated carbocycles. The minimum Gasteiger partial charge on any atom is -0.492 e. The molecule has 9 heteroatoms. The second-order valence-corrected chi connectivity index (χ2v) is 11.0. The lowest BCUT2D eigenvalue weighted by molar-refractivity contribution is 0.152. The van der Waals surface area contributed by atoms with Crippen LogP contribution in [0.1, 0.15) is 27.7 Å². The summed E-state index contributed by atoms with van der Waals surface area (Å²) in [6.45, 7) is 13.4. The highest BCUT2D eigenvalue weighted by atomic mass is 127. The summed E-state index contributed by atoms with van der Waals surface area (Å²) in [4.78, 5) is 9.16. The SMILES string of the molecule is CCNC(=NCCS(=O)(=O)C(C)(C)C)N1CCN(CCOc2ccccc2)CC1.I. The molecule has 1 fully saturated rings. The number of benzene rings is 1. The first kappa shape index (κ1) is 27.0. The van der Waals surface area contributed by atoms with E-state index in [1.807, 2.05) is 37.3 Å². The number of piperazine rings is 1. The van der Waals surface area contributed by atoms with Gasteiger partial charge in [-0.3, -0.25) is 9.89 Å². The van der Waals surface area contributed by atoms with Crippen LogP contribution >= 0.6 is 24.0 Å². The number of rotatable bonds is 8. The molecule has 1 aliphatic rings. The van der Waals surface area contributed by atoms with Gasteiger partial charge in [0.25, 0.3) is 0 Å². The molecule has 30 heavy (non-hydrogen) atoms. The van der Waals surface area contributed by atoms with E-state index in [-0.39, 0.29) is 36.3 Å². The fourth-order valence-electron chi connectivity index (χ4n) is 3.00. The van der Waals surface area contributed by atoms with Crippen molar-refractivity contribution in [3.05, 3.63) is 30.3 Å². The Balaban J connectivity index is 0.00000450. The fourth-order valence-corrected chi connectivity index (χ4v) is 3.94. The van der Waals surface area contributed by atoms with Crippen molar-refractivity contribution in [1.82, 2.24) is 15.1 Å². The van der Waals surface area contributed by atoms with E-state index in [1.54, 1.807) is 20.8 Å². The second kappa shape index (κ2) is 12.7. The molecule has 0 spiro atoms. The van der Waals surface area contributed by atoms with Gasteiger partial charge in [-0.2, -0.15) is 0 Å². The van der Waals surface area contributed by atoms with Gasteiger partial charge in [0.1, 0.15) is 12.4 Å². The van der Waals surface area contributed by atoms with E-state index in [1.165, 1.54) is 0 Å². The van der Waals surface area contributed by atoms with Gasteiger partial charge in [-0.05, 0) is 39.8 Å². The summed E-state index contributed by atoms with van der Waals surface area (Å²) in [7, 11) is -3.16. The lowest BCUT2D eigenvalue weighted by Crippen LogP contribution is -2.53. The zero-order chi connectivity index (χ0) is 21.3. The van der Waals surface area contributed by atoms with Gasteiger partial charge in [0, 0.05) is 39.3 Å². The van der Waals surface area contributed by atoms with Gasteiger partial charge >= 0.3 is 0 Å². The Morgan fingerprint density at radius 1 is 1.13 bits per heavy atom. The van der Waals surface area contributed by atoms with Gasteiger partial charge < -0.3 is 15.0 Å². The largest absolute Gasteiger partial charge is 0.492 e. The topological polar surface area (TPSA) is 74.2 Å². The van der Waals surface area contributed by atoms with Crippen molar-refractivity contribution in [2.24, 2.45) is 4.99 Å². The third-order valence-corrected chi connectivity index (χ3v) is 7.57. The minimum atomic E-state index is -3.16. The molecular formula is C21H37IN4O3S. The highest BCUT2D eigenvalue weighted by molar-refractivity contribution is 14.0. The van der Waals surface area contributed by atoms with Crippen LogP contribution in [-0.2, 0) is 9.84 Å². The molecule has 0 bridgehead atoms. The predicted molar refractivity (Wildman–Crippen MR) is 135 cm³/mol. The van der Waals surface area contributed by atoms with Crippen molar-refractivity contribution in [3.63, 3.8) is 0 Å². The first-order chi connectivity index (χ1) is 13.7. The van der Waals surface area contributed by atoms with Crippen molar-refractivity contribution in [2.45, 2.75) is 32.4 Å². The molecule has 0 aliphatic carbocycles. The van der Waals surface area contributed by atoms with Crippen LogP contribution in [-0.4, -0.2) is 87.1 Å². The smallest absolute Gasteiger partial charge is 0.194 e. The molecule has 0 radical (unpaired) electrons. The standard InChI is InChI=1S/C21H36N4O3S.HI/c1-5-22-20(23-11-18-29(26,27)21(2,3)4)25-14-12-24(13-15-25)16-17-28-19-9-7-6-8-10-19;/h6-10H,5,11-18H2,1-4H3,(H,22,23);1H. The maximum absolute atomic E-state index is 12.3. The summed E-state index contributed by atoms with van der Waals surface area (Å²) in [6, 6.07) is 9.87. The maximum atomic E-state index is 12.3. The van der Waals surface area contributed by atoms with Crippen LogP contribution in [0, 0.1) is 0 Å². The highest BCUT2D eigenvalue weighted by Crippen LogP contribution is 2.15. The zero-order valence-electron chi connectivity index (χ0n) is 18.6. The van der Waals surface area contributed by atoms with Crippen molar-refractivity contribution < 1.29 is 13.2 Å². The number of aliphatic imine (C=N–C) groups is 1. The molecule has 1 aromatic carbocycles. The lowest BCUT2D eigenvalue weighted by Gasteiger charge is -2.36. The average molecular weight is 553 g/mol. The van der Waals surface area contributed by atoms with Crippen LogP contribution < -0.4 is 10.1 Å². The summed E-state index contributed by atoms with van der Waals surface area (Å²) in [5, 5.41) is 3.29. The van der Waals surface area contributed by atoms with Crippen molar-refractivity contribution in [2.75, 3.05) is 58.2 Å². The molecule has 0 amide bonds. The first-order valence-electron chi connectivity index (χ1n) is 10.4. The molecule has 7 nitrogen and oxygen atoms in total. The first-order valence-corrected chi connectivity index (χ1v) is 12.0. The summed E-state index contributed by atoms with van der Waals surface area (Å²) < 4.78 is 29.6. The third-order valence-electron chi connectivity index (χ3n) is 4.98. The monoisotopic (exact) mass is 552 g/mol. The van der Waals surface area contributed by atoms with E-state index in [2.05, 4.69) is 20.1 Å². The van der Waals surface area contributed by atoms with Crippen LogP contribution in [0.3, 0.4) is 0 Å². The van der Waals surface area contributed by atoms with Crippen LogP contribution in [0.5, 0.6) is 5.75 Å². The lowest BCUT2D eigenvalue weighted by atomic mass is 10.3. The van der Waals surface area contributed by atoms with E-state index in [0.29, 0.717) is 6.61 Å². The Bertz CT molecular complexity index is 743. The summed E-state index contributed by atoms with van der Waals surface area (Å²) in [6.07, 6.45) is 0. The molecule has 172 valence electrons. The highest BCUT2D eigenvalue weighted by Gasteiger charge is 2.28.